The van der Waals surface area contributed by atoms with Gasteiger partial charge < -0.3 is 10.5 Å². The highest BCUT2D eigenvalue weighted by Crippen LogP contribution is 1.99. The van der Waals surface area contributed by atoms with E-state index in [1.54, 1.807) is 0 Å². The topological polar surface area (TPSA) is 81.8 Å². The molecule has 10 heavy (non-hydrogen) atoms. The van der Waals surface area contributed by atoms with Gasteiger partial charge in [-0.15, -0.1) is 0 Å². The third-order valence-electron chi connectivity index (χ3n) is 1.04. The summed E-state index contributed by atoms with van der Waals surface area (Å²) < 4.78 is 4.70. The van der Waals surface area contributed by atoms with E-state index in [0.717, 1.165) is 0 Å². The monoisotopic (exact) mass is 142 g/mol. The number of amides is 1. The highest BCUT2D eigenvalue weighted by atomic mass is 16.5. The van der Waals surface area contributed by atoms with Crippen molar-refractivity contribution in [1.29, 1.82) is 0 Å². The van der Waals surface area contributed by atoms with Gasteiger partial charge in [0, 0.05) is 6.21 Å². The molecule has 5 nitrogen and oxygen atoms in total. The second-order valence-corrected chi connectivity index (χ2v) is 1.75. The molecule has 0 aromatic heterocycles. The fraction of sp³-hybridized carbons (Fsp3) is 0.400. The molecular formula is C5H6N2O3. The van der Waals surface area contributed by atoms with Crippen LogP contribution in [0.15, 0.2) is 4.99 Å². The van der Waals surface area contributed by atoms with Gasteiger partial charge in [0.25, 0.3) is 11.7 Å². The highest BCUT2D eigenvalue weighted by Gasteiger charge is 2.24. The smallest absolute Gasteiger partial charge is 0.289 e. The molecular weight excluding hydrogens is 136 g/mol. The van der Waals surface area contributed by atoms with Crippen LogP contribution in [-0.2, 0) is 14.3 Å². The molecule has 1 rings (SSSR count). The van der Waals surface area contributed by atoms with Gasteiger partial charge in [-0.25, -0.2) is 0 Å². The molecule has 54 valence electrons. The van der Waals surface area contributed by atoms with Crippen LogP contribution in [0.5, 0.6) is 0 Å². The summed E-state index contributed by atoms with van der Waals surface area (Å²) >= 11 is 0. The molecule has 0 aromatic rings. The Kier molecular flexibility index (Phi) is 1.77. The van der Waals surface area contributed by atoms with Crippen molar-refractivity contribution in [3.63, 3.8) is 0 Å². The van der Waals surface area contributed by atoms with Crippen molar-refractivity contribution >= 4 is 17.9 Å². The molecule has 1 heterocycles. The van der Waals surface area contributed by atoms with Gasteiger partial charge in [0.1, 0.15) is 0 Å². The fourth-order valence-electron chi connectivity index (χ4n) is 0.581. The van der Waals surface area contributed by atoms with E-state index in [4.69, 9.17) is 4.74 Å². The predicted octanol–water partition coefficient (Wildman–Crippen LogP) is -1.53. The standard InChI is InChI=1S/C5H6N2O3/c6-4(9)3(8)5-7-1-2-10-5/h1,5H,2H2,(H2,6,9). The summed E-state index contributed by atoms with van der Waals surface area (Å²) in [6, 6.07) is 0. The number of rotatable bonds is 2. The lowest BCUT2D eigenvalue weighted by Crippen LogP contribution is -2.32. The van der Waals surface area contributed by atoms with Gasteiger partial charge in [0.05, 0.1) is 6.61 Å². The first kappa shape index (κ1) is 6.88. The Labute approximate surface area is 56.9 Å². The van der Waals surface area contributed by atoms with Crippen LogP contribution >= 0.6 is 0 Å². The van der Waals surface area contributed by atoms with Crippen LogP contribution in [0.3, 0.4) is 0 Å². The Morgan fingerprint density at radius 3 is 2.80 bits per heavy atom. The zero-order chi connectivity index (χ0) is 7.56. The third-order valence-corrected chi connectivity index (χ3v) is 1.04. The summed E-state index contributed by atoms with van der Waals surface area (Å²) in [6.07, 6.45) is 0.434. The zero-order valence-corrected chi connectivity index (χ0v) is 5.11. The molecule has 2 N–H and O–H groups in total. The first-order chi connectivity index (χ1) is 4.72. The molecule has 0 aromatic carbocycles. The number of carbonyl (C=O) groups is 2. The Bertz CT molecular complexity index is 199. The first-order valence-corrected chi connectivity index (χ1v) is 2.68. The minimum absolute atomic E-state index is 0.268. The number of primary amides is 1. The van der Waals surface area contributed by atoms with Gasteiger partial charge in [-0.3, -0.25) is 14.6 Å². The molecule has 0 spiro atoms. The second kappa shape index (κ2) is 2.57. The number of nitrogens with zero attached hydrogens (tertiary/aromatic N) is 1. The summed E-state index contributed by atoms with van der Waals surface area (Å²) in [7, 11) is 0. The third kappa shape index (κ3) is 1.19. The number of ketones is 1. The SMILES string of the molecule is NC(=O)C(=O)C1N=CCO1. The molecule has 0 bridgehead atoms. The molecule has 0 aliphatic carbocycles. The van der Waals surface area contributed by atoms with E-state index in [1.807, 2.05) is 0 Å². The van der Waals surface area contributed by atoms with Crippen LogP contribution in [0, 0.1) is 0 Å². The van der Waals surface area contributed by atoms with Crippen molar-refractivity contribution < 1.29 is 14.3 Å². The van der Waals surface area contributed by atoms with Gasteiger partial charge in [-0.2, -0.15) is 0 Å². The van der Waals surface area contributed by atoms with Crippen LogP contribution in [0.2, 0.25) is 0 Å². The summed E-state index contributed by atoms with van der Waals surface area (Å²) in [5.74, 6) is -1.81. The average Bonchev–Trinajstić information content (AvgIpc) is 2.36. The van der Waals surface area contributed by atoms with Crippen molar-refractivity contribution in [2.45, 2.75) is 6.23 Å². The van der Waals surface area contributed by atoms with Crippen LogP contribution in [0.4, 0.5) is 0 Å². The van der Waals surface area contributed by atoms with Gasteiger partial charge in [-0.05, 0) is 0 Å². The molecule has 1 atom stereocenters. The lowest BCUT2D eigenvalue weighted by atomic mass is 10.3. The summed E-state index contributed by atoms with van der Waals surface area (Å²) in [4.78, 5) is 24.4. The first-order valence-electron chi connectivity index (χ1n) is 2.68. The van der Waals surface area contributed by atoms with E-state index in [-0.39, 0.29) is 6.61 Å². The van der Waals surface area contributed by atoms with Crippen molar-refractivity contribution in [3.8, 4) is 0 Å². The largest absolute Gasteiger partial charge is 0.363 e. The summed E-state index contributed by atoms with van der Waals surface area (Å²) in [5.41, 5.74) is 4.67. The number of nitrogens with two attached hydrogens (primary N) is 1. The molecule has 1 amide bonds. The van der Waals surface area contributed by atoms with E-state index < -0.39 is 17.9 Å². The molecule has 1 aliphatic heterocycles. The van der Waals surface area contributed by atoms with Crippen LogP contribution in [-0.4, -0.2) is 30.7 Å². The lowest BCUT2D eigenvalue weighted by molar-refractivity contribution is -0.141. The van der Waals surface area contributed by atoms with E-state index in [0.29, 0.717) is 0 Å². The number of aliphatic imine (C=N–C) groups is 1. The minimum atomic E-state index is -1.01. The molecule has 5 heteroatoms. The normalized spacial score (nSPS) is 23.0. The maximum atomic E-state index is 10.6. The Morgan fingerprint density at radius 1 is 1.70 bits per heavy atom. The van der Waals surface area contributed by atoms with Crippen LogP contribution < -0.4 is 5.73 Å². The maximum absolute atomic E-state index is 10.6. The van der Waals surface area contributed by atoms with Gasteiger partial charge in [0.15, 0.2) is 0 Å². The highest BCUT2D eigenvalue weighted by molar-refractivity contribution is 6.37. The molecule has 0 saturated carbocycles. The molecule has 0 fully saturated rings. The van der Waals surface area contributed by atoms with Crippen LogP contribution in [0.25, 0.3) is 0 Å². The van der Waals surface area contributed by atoms with Crippen molar-refractivity contribution in [3.05, 3.63) is 0 Å². The van der Waals surface area contributed by atoms with Crippen LogP contribution in [0.1, 0.15) is 0 Å². The molecule has 0 radical (unpaired) electrons. The Morgan fingerprint density at radius 2 is 2.40 bits per heavy atom. The average molecular weight is 142 g/mol. The number of carbonyl (C=O) groups excluding carboxylic acids is 2. The number of Topliss-reactive ketones (excluding diaryl/α,β-unsaturated/α-hetero) is 1. The quantitative estimate of drug-likeness (QED) is 0.475. The van der Waals surface area contributed by atoms with Crippen molar-refractivity contribution in [1.82, 2.24) is 0 Å². The molecule has 1 unspecified atom stereocenters. The number of hydrogen-bond acceptors (Lipinski definition) is 4. The number of ether oxygens (including phenoxy) is 1. The minimum Gasteiger partial charge on any atom is -0.363 e. The molecule has 1 aliphatic rings. The van der Waals surface area contributed by atoms with E-state index in [9.17, 15) is 9.59 Å². The van der Waals surface area contributed by atoms with E-state index in [1.165, 1.54) is 6.21 Å². The van der Waals surface area contributed by atoms with Gasteiger partial charge in [0.2, 0.25) is 6.23 Å². The Hall–Kier alpha value is -1.23. The van der Waals surface area contributed by atoms with Crippen molar-refractivity contribution in [2.75, 3.05) is 6.61 Å². The second-order valence-electron chi connectivity index (χ2n) is 1.75. The Balaban J connectivity index is 2.57. The van der Waals surface area contributed by atoms with E-state index >= 15 is 0 Å². The summed E-state index contributed by atoms with van der Waals surface area (Å²) in [6.45, 7) is 0.268. The summed E-state index contributed by atoms with van der Waals surface area (Å²) in [5, 5.41) is 0. The van der Waals surface area contributed by atoms with Gasteiger partial charge in [-0.1, -0.05) is 0 Å². The number of hydrogen-bond donors (Lipinski definition) is 1. The lowest BCUT2D eigenvalue weighted by Gasteiger charge is -2.00. The predicted molar refractivity (Wildman–Crippen MR) is 32.4 cm³/mol. The van der Waals surface area contributed by atoms with Crippen molar-refractivity contribution in [2.24, 2.45) is 10.7 Å². The zero-order valence-electron chi connectivity index (χ0n) is 5.11. The van der Waals surface area contributed by atoms with E-state index in [2.05, 4.69) is 10.7 Å². The fourth-order valence-corrected chi connectivity index (χ4v) is 0.581. The van der Waals surface area contributed by atoms with Gasteiger partial charge >= 0.3 is 0 Å². The maximum Gasteiger partial charge on any atom is 0.289 e. The molecule has 0 saturated heterocycles.